The van der Waals surface area contributed by atoms with E-state index in [0.29, 0.717) is 6.07 Å². The van der Waals surface area contributed by atoms with Crippen molar-refractivity contribution < 1.29 is 31.9 Å². The van der Waals surface area contributed by atoms with Gasteiger partial charge in [0.2, 0.25) is 0 Å². The molecule has 0 bridgehead atoms. The van der Waals surface area contributed by atoms with E-state index in [2.05, 4.69) is 5.32 Å². The molecular weight excluding hydrogens is 333 g/mol. The summed E-state index contributed by atoms with van der Waals surface area (Å²) in [5.41, 5.74) is -1.92. The van der Waals surface area contributed by atoms with Crippen LogP contribution in [0.2, 0.25) is 0 Å². The molecule has 0 radical (unpaired) electrons. The van der Waals surface area contributed by atoms with Gasteiger partial charge in [-0.3, -0.25) is 4.79 Å². The minimum absolute atomic E-state index is 0.412. The summed E-state index contributed by atoms with van der Waals surface area (Å²) in [6, 6.07) is 6.65. The molecule has 0 heterocycles. The lowest BCUT2D eigenvalue weighted by Crippen LogP contribution is -2.30. The second kappa shape index (κ2) is 6.96. The molecule has 8 heteroatoms. The van der Waals surface area contributed by atoms with Crippen LogP contribution in [0.4, 0.5) is 22.0 Å². The van der Waals surface area contributed by atoms with Crippen molar-refractivity contribution in [3.05, 3.63) is 70.8 Å². The van der Waals surface area contributed by atoms with Crippen LogP contribution in [0.25, 0.3) is 0 Å². The topological polar surface area (TPSA) is 49.3 Å². The maximum absolute atomic E-state index is 13.5. The van der Waals surface area contributed by atoms with Gasteiger partial charge in [-0.2, -0.15) is 13.2 Å². The summed E-state index contributed by atoms with van der Waals surface area (Å²) in [6.07, 6.45) is -6.31. The van der Waals surface area contributed by atoms with Crippen molar-refractivity contribution >= 4 is 5.91 Å². The van der Waals surface area contributed by atoms with Crippen molar-refractivity contribution in [2.75, 3.05) is 6.54 Å². The van der Waals surface area contributed by atoms with E-state index in [1.165, 1.54) is 12.1 Å². The average Bonchev–Trinajstić information content (AvgIpc) is 2.51. The predicted octanol–water partition coefficient (Wildman–Crippen LogP) is 3.45. The summed E-state index contributed by atoms with van der Waals surface area (Å²) >= 11 is 0. The Kier molecular flexibility index (Phi) is 5.18. The zero-order valence-corrected chi connectivity index (χ0v) is 12.1. The van der Waals surface area contributed by atoms with E-state index < -0.39 is 53.1 Å². The molecule has 0 aromatic heterocycles. The predicted molar refractivity (Wildman–Crippen MR) is 75.1 cm³/mol. The Bertz CT molecular complexity index is 745. The van der Waals surface area contributed by atoms with Gasteiger partial charge in [0.05, 0.1) is 17.2 Å². The number of carbonyl (C=O) groups excluding carboxylic acids is 1. The third-order valence-corrected chi connectivity index (χ3v) is 3.26. The Balaban J connectivity index is 2.11. The number of aliphatic hydroxyl groups is 1. The highest BCUT2D eigenvalue weighted by molar-refractivity contribution is 5.94. The first-order valence-corrected chi connectivity index (χ1v) is 6.77. The third-order valence-electron chi connectivity index (χ3n) is 3.26. The third kappa shape index (κ3) is 4.08. The van der Waals surface area contributed by atoms with Crippen molar-refractivity contribution in [1.29, 1.82) is 0 Å². The van der Waals surface area contributed by atoms with Gasteiger partial charge in [-0.1, -0.05) is 18.2 Å². The molecule has 0 aliphatic carbocycles. The van der Waals surface area contributed by atoms with Crippen molar-refractivity contribution in [3.8, 4) is 0 Å². The number of hydrogen-bond donors (Lipinski definition) is 2. The van der Waals surface area contributed by atoms with Crippen LogP contribution in [-0.2, 0) is 6.18 Å². The molecule has 3 nitrogen and oxygen atoms in total. The number of hydrogen-bond acceptors (Lipinski definition) is 2. The number of alkyl halides is 3. The number of halogens is 5. The maximum atomic E-state index is 13.5. The summed E-state index contributed by atoms with van der Waals surface area (Å²) in [5.74, 6) is -2.96. The fourth-order valence-electron chi connectivity index (χ4n) is 2.11. The zero-order valence-electron chi connectivity index (χ0n) is 12.1. The minimum atomic E-state index is -4.66. The summed E-state index contributed by atoms with van der Waals surface area (Å²) in [7, 11) is 0. The fourth-order valence-corrected chi connectivity index (χ4v) is 2.11. The van der Waals surface area contributed by atoms with E-state index in [0.717, 1.165) is 24.3 Å². The number of nitrogens with one attached hydrogen (secondary N) is 1. The molecule has 2 N–H and O–H groups in total. The van der Waals surface area contributed by atoms with Gasteiger partial charge in [-0.15, -0.1) is 0 Å². The van der Waals surface area contributed by atoms with Gasteiger partial charge in [-0.05, 0) is 23.8 Å². The normalized spacial score (nSPS) is 12.8. The number of benzene rings is 2. The lowest BCUT2D eigenvalue weighted by atomic mass is 10.0. The van der Waals surface area contributed by atoms with Crippen LogP contribution < -0.4 is 5.32 Å². The highest BCUT2D eigenvalue weighted by Crippen LogP contribution is 2.34. The number of rotatable bonds is 4. The lowest BCUT2D eigenvalue weighted by molar-refractivity contribution is -0.139. The van der Waals surface area contributed by atoms with E-state index in [4.69, 9.17) is 0 Å². The molecule has 1 amide bonds. The molecule has 0 spiro atoms. The zero-order chi connectivity index (χ0) is 17.9. The first-order chi connectivity index (χ1) is 11.2. The number of amides is 1. The van der Waals surface area contributed by atoms with Gasteiger partial charge in [0.25, 0.3) is 5.91 Å². The second-order valence-corrected chi connectivity index (χ2v) is 4.94. The smallest absolute Gasteiger partial charge is 0.387 e. The molecule has 2 rings (SSSR count). The molecule has 2 aromatic carbocycles. The van der Waals surface area contributed by atoms with E-state index in [-0.39, 0.29) is 0 Å². The Morgan fingerprint density at radius 2 is 1.79 bits per heavy atom. The van der Waals surface area contributed by atoms with Crippen molar-refractivity contribution in [3.63, 3.8) is 0 Å². The molecule has 2 aromatic rings. The molecule has 128 valence electrons. The van der Waals surface area contributed by atoms with Crippen LogP contribution in [0.1, 0.15) is 27.6 Å². The molecule has 0 saturated heterocycles. The highest BCUT2D eigenvalue weighted by atomic mass is 19.4. The van der Waals surface area contributed by atoms with Crippen LogP contribution in [0.5, 0.6) is 0 Å². The molecular formula is C16H12F5NO2. The molecule has 0 aliphatic heterocycles. The first-order valence-electron chi connectivity index (χ1n) is 6.77. The standard InChI is InChI=1S/C16H12F5NO2/c17-9-5-6-11(13(18)7-9)15(24)22-8-14(23)10-3-1-2-4-12(10)16(19,20)21/h1-7,14,23H,8H2,(H,22,24)/t14-/m0/s1. The minimum Gasteiger partial charge on any atom is -0.387 e. The first kappa shape index (κ1) is 17.9. The fraction of sp³-hybridized carbons (Fsp3) is 0.188. The molecule has 1 atom stereocenters. The molecule has 0 unspecified atom stereocenters. The number of aliphatic hydroxyl groups excluding tert-OH is 1. The van der Waals surface area contributed by atoms with Crippen molar-refractivity contribution in [2.45, 2.75) is 12.3 Å². The van der Waals surface area contributed by atoms with Gasteiger partial charge in [0, 0.05) is 12.6 Å². The second-order valence-electron chi connectivity index (χ2n) is 4.94. The van der Waals surface area contributed by atoms with Crippen LogP contribution in [0, 0.1) is 11.6 Å². The van der Waals surface area contributed by atoms with Crippen LogP contribution in [0.15, 0.2) is 42.5 Å². The monoisotopic (exact) mass is 345 g/mol. The van der Waals surface area contributed by atoms with Gasteiger partial charge in [0.1, 0.15) is 11.6 Å². The average molecular weight is 345 g/mol. The summed E-state index contributed by atoms with van der Waals surface area (Å²) in [4.78, 5) is 11.8. The van der Waals surface area contributed by atoms with Gasteiger partial charge < -0.3 is 10.4 Å². The Morgan fingerprint density at radius 1 is 1.12 bits per heavy atom. The molecule has 24 heavy (non-hydrogen) atoms. The molecule has 0 fully saturated rings. The number of carbonyl (C=O) groups is 1. The molecule has 0 aliphatic rings. The summed E-state index contributed by atoms with van der Waals surface area (Å²) in [6.45, 7) is -0.567. The van der Waals surface area contributed by atoms with Gasteiger partial charge >= 0.3 is 6.18 Å². The summed E-state index contributed by atoms with van der Waals surface area (Å²) < 4.78 is 64.9. The Hall–Kier alpha value is -2.48. The van der Waals surface area contributed by atoms with Crippen LogP contribution in [0.3, 0.4) is 0 Å². The van der Waals surface area contributed by atoms with E-state index in [1.807, 2.05) is 0 Å². The highest BCUT2D eigenvalue weighted by Gasteiger charge is 2.34. The van der Waals surface area contributed by atoms with E-state index in [9.17, 15) is 31.9 Å². The SMILES string of the molecule is O=C(NC[C@H](O)c1ccccc1C(F)(F)F)c1ccc(F)cc1F. The van der Waals surface area contributed by atoms with Crippen LogP contribution in [-0.4, -0.2) is 17.6 Å². The van der Waals surface area contributed by atoms with Gasteiger partial charge in [0.15, 0.2) is 0 Å². The quantitative estimate of drug-likeness (QED) is 0.834. The van der Waals surface area contributed by atoms with Crippen molar-refractivity contribution in [1.82, 2.24) is 5.32 Å². The molecule has 0 saturated carbocycles. The summed E-state index contributed by atoms with van der Waals surface area (Å²) in [5, 5.41) is 12.0. The van der Waals surface area contributed by atoms with Gasteiger partial charge in [-0.25, -0.2) is 8.78 Å². The lowest BCUT2D eigenvalue weighted by Gasteiger charge is -2.18. The van der Waals surface area contributed by atoms with E-state index in [1.54, 1.807) is 0 Å². The van der Waals surface area contributed by atoms with E-state index >= 15 is 0 Å². The van der Waals surface area contributed by atoms with Crippen molar-refractivity contribution in [2.24, 2.45) is 0 Å². The Labute approximate surface area is 133 Å². The van der Waals surface area contributed by atoms with Crippen LogP contribution >= 0.6 is 0 Å². The maximum Gasteiger partial charge on any atom is 0.416 e. The largest absolute Gasteiger partial charge is 0.416 e. The Morgan fingerprint density at radius 3 is 2.42 bits per heavy atom.